The van der Waals surface area contributed by atoms with Crippen LogP contribution in [-0.2, 0) is 4.74 Å². The monoisotopic (exact) mass is 291 g/mol. The van der Waals surface area contributed by atoms with Crippen LogP contribution in [0.4, 0.5) is 5.69 Å². The molecule has 0 radical (unpaired) electrons. The van der Waals surface area contributed by atoms with Crippen molar-refractivity contribution in [3.05, 3.63) is 47.2 Å². The van der Waals surface area contributed by atoms with E-state index in [0.29, 0.717) is 11.6 Å². The largest absolute Gasteiger partial charge is 0.396 e. The lowest BCUT2D eigenvalue weighted by Gasteiger charge is -2.31. The van der Waals surface area contributed by atoms with Crippen molar-refractivity contribution >= 4 is 17.3 Å². The average molecular weight is 292 g/mol. The number of ether oxygens (including phenoxy) is 1. The summed E-state index contributed by atoms with van der Waals surface area (Å²) in [5.41, 5.74) is 7.68. The Morgan fingerprint density at radius 3 is 2.80 bits per heavy atom. The smallest absolute Gasteiger partial charge is 0.0799 e. The quantitative estimate of drug-likeness (QED) is 0.945. The number of hydrogen-bond donors (Lipinski definition) is 1. The molecule has 1 aromatic heterocycles. The van der Waals surface area contributed by atoms with Crippen LogP contribution in [0.2, 0.25) is 5.02 Å². The number of hydrogen-bond acceptors (Lipinski definition) is 3. The minimum Gasteiger partial charge on any atom is -0.396 e. The zero-order valence-electron chi connectivity index (χ0n) is 11.2. The van der Waals surface area contributed by atoms with Crippen molar-refractivity contribution in [2.24, 2.45) is 5.92 Å². The number of aromatic nitrogens is 2. The maximum Gasteiger partial charge on any atom is 0.0799 e. The van der Waals surface area contributed by atoms with E-state index in [-0.39, 0.29) is 6.04 Å². The molecule has 4 nitrogen and oxygen atoms in total. The fourth-order valence-electron chi connectivity index (χ4n) is 2.87. The molecule has 2 N–H and O–H groups in total. The maximum atomic E-state index is 6.14. The molecule has 1 fully saturated rings. The van der Waals surface area contributed by atoms with Crippen molar-refractivity contribution in [3.8, 4) is 0 Å². The number of halogens is 1. The summed E-state index contributed by atoms with van der Waals surface area (Å²) in [6.07, 6.45) is 5.63. The van der Waals surface area contributed by atoms with Gasteiger partial charge in [-0.05, 0) is 36.5 Å². The number of nitrogen functional groups attached to an aromatic ring is 1. The van der Waals surface area contributed by atoms with Crippen molar-refractivity contribution in [2.45, 2.75) is 18.9 Å². The second kappa shape index (κ2) is 5.85. The Kier molecular flexibility index (Phi) is 3.94. The molecule has 0 bridgehead atoms. The molecule has 1 aliphatic rings. The summed E-state index contributed by atoms with van der Waals surface area (Å²) in [5, 5.41) is 5.15. The SMILES string of the molecule is Nc1cnn(C(c2cccc(Cl)c2)C2CCOCC2)c1. The van der Waals surface area contributed by atoms with Crippen LogP contribution in [0.5, 0.6) is 0 Å². The van der Waals surface area contributed by atoms with E-state index in [9.17, 15) is 0 Å². The Labute approximate surface area is 123 Å². The maximum absolute atomic E-state index is 6.14. The third-order valence-corrected chi connectivity index (χ3v) is 4.04. The first-order valence-electron chi connectivity index (χ1n) is 6.87. The fourth-order valence-corrected chi connectivity index (χ4v) is 3.07. The Balaban J connectivity index is 1.98. The highest BCUT2D eigenvalue weighted by atomic mass is 35.5. The molecule has 20 heavy (non-hydrogen) atoms. The van der Waals surface area contributed by atoms with Gasteiger partial charge in [-0.3, -0.25) is 4.68 Å². The Morgan fingerprint density at radius 1 is 1.35 bits per heavy atom. The summed E-state index contributed by atoms with van der Waals surface area (Å²) < 4.78 is 7.43. The molecule has 5 heteroatoms. The van der Waals surface area contributed by atoms with E-state index in [4.69, 9.17) is 22.1 Å². The van der Waals surface area contributed by atoms with Gasteiger partial charge in [-0.1, -0.05) is 23.7 Å². The van der Waals surface area contributed by atoms with E-state index < -0.39 is 0 Å². The van der Waals surface area contributed by atoms with Gasteiger partial charge in [0.15, 0.2) is 0 Å². The zero-order valence-corrected chi connectivity index (χ0v) is 12.0. The highest BCUT2D eigenvalue weighted by molar-refractivity contribution is 6.30. The van der Waals surface area contributed by atoms with Crippen molar-refractivity contribution in [1.82, 2.24) is 9.78 Å². The van der Waals surface area contributed by atoms with Crippen molar-refractivity contribution in [1.29, 1.82) is 0 Å². The van der Waals surface area contributed by atoms with Gasteiger partial charge < -0.3 is 10.5 Å². The molecule has 1 saturated heterocycles. The average Bonchev–Trinajstić information content (AvgIpc) is 2.87. The molecule has 2 aromatic rings. The number of rotatable bonds is 3. The second-order valence-corrected chi connectivity index (χ2v) is 5.64. The first kappa shape index (κ1) is 13.5. The molecular weight excluding hydrogens is 274 g/mol. The third-order valence-electron chi connectivity index (χ3n) is 3.81. The van der Waals surface area contributed by atoms with Crippen LogP contribution in [0.1, 0.15) is 24.4 Å². The van der Waals surface area contributed by atoms with Crippen LogP contribution >= 0.6 is 11.6 Å². The van der Waals surface area contributed by atoms with E-state index in [1.807, 2.05) is 29.1 Å². The van der Waals surface area contributed by atoms with E-state index in [1.165, 1.54) is 5.56 Å². The Hall–Kier alpha value is -1.52. The fraction of sp³-hybridized carbons (Fsp3) is 0.400. The van der Waals surface area contributed by atoms with Gasteiger partial charge in [-0.2, -0.15) is 5.10 Å². The second-order valence-electron chi connectivity index (χ2n) is 5.20. The minimum absolute atomic E-state index is 0.162. The summed E-state index contributed by atoms with van der Waals surface area (Å²) >= 11 is 6.14. The predicted octanol–water partition coefficient (Wildman–Crippen LogP) is 3.13. The molecule has 1 aromatic carbocycles. The summed E-state index contributed by atoms with van der Waals surface area (Å²) in [6.45, 7) is 1.61. The molecule has 2 heterocycles. The van der Waals surface area contributed by atoms with Gasteiger partial charge in [0.25, 0.3) is 0 Å². The number of anilines is 1. The van der Waals surface area contributed by atoms with Gasteiger partial charge >= 0.3 is 0 Å². The minimum atomic E-state index is 0.162. The first-order valence-corrected chi connectivity index (χ1v) is 7.24. The number of nitrogens with zero attached hydrogens (tertiary/aromatic N) is 2. The summed E-state index contributed by atoms with van der Waals surface area (Å²) in [4.78, 5) is 0. The van der Waals surface area contributed by atoms with E-state index in [2.05, 4.69) is 11.2 Å². The van der Waals surface area contributed by atoms with Crippen LogP contribution in [0.3, 0.4) is 0 Å². The van der Waals surface area contributed by atoms with Crippen LogP contribution in [-0.4, -0.2) is 23.0 Å². The lowest BCUT2D eigenvalue weighted by atomic mass is 9.87. The van der Waals surface area contributed by atoms with Crippen molar-refractivity contribution in [2.75, 3.05) is 18.9 Å². The molecule has 106 valence electrons. The van der Waals surface area contributed by atoms with Gasteiger partial charge in [-0.15, -0.1) is 0 Å². The molecule has 0 aliphatic carbocycles. The Morgan fingerprint density at radius 2 is 2.15 bits per heavy atom. The number of benzene rings is 1. The molecule has 0 amide bonds. The van der Waals surface area contributed by atoms with Crippen LogP contribution < -0.4 is 5.73 Å². The van der Waals surface area contributed by atoms with Crippen LogP contribution in [0, 0.1) is 5.92 Å². The molecule has 0 spiro atoms. The van der Waals surface area contributed by atoms with Gasteiger partial charge in [-0.25, -0.2) is 0 Å². The molecule has 1 unspecified atom stereocenters. The van der Waals surface area contributed by atoms with Crippen LogP contribution in [0.15, 0.2) is 36.7 Å². The lowest BCUT2D eigenvalue weighted by Crippen LogP contribution is -2.27. The van der Waals surface area contributed by atoms with Crippen molar-refractivity contribution in [3.63, 3.8) is 0 Å². The topological polar surface area (TPSA) is 53.1 Å². The Bertz CT molecular complexity index is 578. The summed E-state index contributed by atoms with van der Waals surface area (Å²) in [5.74, 6) is 0.488. The zero-order chi connectivity index (χ0) is 13.9. The molecule has 1 aliphatic heterocycles. The highest BCUT2D eigenvalue weighted by Crippen LogP contribution is 2.34. The summed E-state index contributed by atoms with van der Waals surface area (Å²) in [7, 11) is 0. The summed E-state index contributed by atoms with van der Waals surface area (Å²) in [6, 6.07) is 8.15. The standard InChI is InChI=1S/C15H18ClN3O/c16-13-3-1-2-12(8-13)15(11-4-6-20-7-5-11)19-10-14(17)9-18-19/h1-3,8-11,15H,4-7,17H2. The molecule has 0 saturated carbocycles. The molecule has 3 rings (SSSR count). The van der Waals surface area contributed by atoms with E-state index in [0.717, 1.165) is 31.1 Å². The van der Waals surface area contributed by atoms with Crippen molar-refractivity contribution < 1.29 is 4.74 Å². The van der Waals surface area contributed by atoms with Gasteiger partial charge in [0.1, 0.15) is 0 Å². The third kappa shape index (κ3) is 2.81. The van der Waals surface area contributed by atoms with Gasteiger partial charge in [0.05, 0.1) is 17.9 Å². The predicted molar refractivity (Wildman–Crippen MR) is 79.8 cm³/mol. The first-order chi connectivity index (χ1) is 9.74. The highest BCUT2D eigenvalue weighted by Gasteiger charge is 2.27. The van der Waals surface area contributed by atoms with E-state index >= 15 is 0 Å². The normalized spacial score (nSPS) is 18.1. The number of nitrogens with two attached hydrogens (primary N) is 1. The van der Waals surface area contributed by atoms with E-state index in [1.54, 1.807) is 6.20 Å². The lowest BCUT2D eigenvalue weighted by molar-refractivity contribution is 0.0527. The molecule has 1 atom stereocenters. The van der Waals surface area contributed by atoms with Crippen LogP contribution in [0.25, 0.3) is 0 Å². The molecular formula is C15H18ClN3O. The van der Waals surface area contributed by atoms with Gasteiger partial charge in [0.2, 0.25) is 0 Å². The van der Waals surface area contributed by atoms with Gasteiger partial charge in [0, 0.05) is 24.4 Å².